The molecular formula is C21H31NO11. The van der Waals surface area contributed by atoms with E-state index in [4.69, 9.17) is 9.47 Å². The lowest BCUT2D eigenvalue weighted by atomic mass is 9.98. The van der Waals surface area contributed by atoms with Gasteiger partial charge in [-0.2, -0.15) is 0 Å². The zero-order chi connectivity index (χ0) is 24.7. The van der Waals surface area contributed by atoms with Gasteiger partial charge < -0.3 is 55.6 Å². The lowest BCUT2D eigenvalue weighted by molar-refractivity contribution is -0.326. The Bertz CT molecular complexity index is 759. The smallest absolute Gasteiger partial charge is 0.251 e. The Balaban J connectivity index is 2.06. The van der Waals surface area contributed by atoms with Gasteiger partial charge in [-0.25, -0.2) is 0 Å². The molecule has 0 spiro atoms. The molecule has 12 heteroatoms. The number of rotatable bonds is 11. The van der Waals surface area contributed by atoms with Crippen LogP contribution in [0, 0.1) is 0 Å². The van der Waals surface area contributed by atoms with Gasteiger partial charge in [0.15, 0.2) is 12.4 Å². The quantitative estimate of drug-likeness (QED) is 0.152. The number of ether oxygens (including phenoxy) is 2. The van der Waals surface area contributed by atoms with Gasteiger partial charge in [-0.15, -0.1) is 0 Å². The van der Waals surface area contributed by atoms with E-state index in [1.165, 1.54) is 0 Å². The Morgan fingerprint density at radius 2 is 1.73 bits per heavy atom. The number of nitrogens with one attached hydrogen (secondary N) is 1. The lowest BCUT2D eigenvalue weighted by Gasteiger charge is -2.42. The molecule has 9 N–H and O–H groups in total. The third-order valence-corrected chi connectivity index (χ3v) is 5.32. The van der Waals surface area contributed by atoms with Crippen LogP contribution in [-0.4, -0.2) is 115 Å². The summed E-state index contributed by atoms with van der Waals surface area (Å²) in [7, 11) is 0. The molecule has 0 radical (unpaired) electrons. The van der Waals surface area contributed by atoms with Crippen LogP contribution in [0.25, 0.3) is 6.08 Å². The molecule has 1 saturated heterocycles. The van der Waals surface area contributed by atoms with Crippen LogP contribution in [0.4, 0.5) is 0 Å². The van der Waals surface area contributed by atoms with Crippen molar-refractivity contribution in [2.45, 2.75) is 61.7 Å². The largest absolute Gasteiger partial charge is 0.394 e. The van der Waals surface area contributed by atoms with Crippen LogP contribution >= 0.6 is 0 Å². The first kappa shape index (κ1) is 27.3. The fourth-order valence-corrected chi connectivity index (χ4v) is 3.24. The second-order valence-electron chi connectivity index (χ2n) is 7.65. The SMILES string of the molecule is C=Cc1ccc(CNC(=O)[C@@H](O)[C@@H](O)[C@H](O[C@@H]2O[C@H](CO)[C@@H](O)[C@H](O)[C@@H]2O)[C@H](O)CO)cc1. The average molecular weight is 473 g/mol. The van der Waals surface area contributed by atoms with E-state index in [0.29, 0.717) is 5.56 Å². The van der Waals surface area contributed by atoms with Crippen LogP contribution in [0.15, 0.2) is 30.8 Å². The molecule has 1 aromatic carbocycles. The van der Waals surface area contributed by atoms with Gasteiger partial charge in [-0.3, -0.25) is 4.79 Å². The highest BCUT2D eigenvalue weighted by molar-refractivity contribution is 5.81. The van der Waals surface area contributed by atoms with Gasteiger partial charge >= 0.3 is 0 Å². The zero-order valence-electron chi connectivity index (χ0n) is 17.7. The first-order chi connectivity index (χ1) is 15.6. The second kappa shape index (κ2) is 12.5. The molecule has 0 unspecified atom stereocenters. The topological polar surface area (TPSA) is 209 Å². The summed E-state index contributed by atoms with van der Waals surface area (Å²) in [6, 6.07) is 6.98. The van der Waals surface area contributed by atoms with Crippen LogP contribution in [0.1, 0.15) is 11.1 Å². The van der Waals surface area contributed by atoms with E-state index in [-0.39, 0.29) is 6.54 Å². The van der Waals surface area contributed by atoms with Crippen molar-refractivity contribution in [3.8, 4) is 0 Å². The minimum absolute atomic E-state index is 0.0147. The molecule has 1 aliphatic heterocycles. The number of hydrogen-bond donors (Lipinski definition) is 9. The van der Waals surface area contributed by atoms with Crippen molar-refractivity contribution >= 4 is 12.0 Å². The molecule has 1 heterocycles. The Morgan fingerprint density at radius 1 is 1.09 bits per heavy atom. The van der Waals surface area contributed by atoms with Crippen molar-refractivity contribution in [2.75, 3.05) is 13.2 Å². The molecule has 12 nitrogen and oxygen atoms in total. The van der Waals surface area contributed by atoms with Crippen LogP contribution in [-0.2, 0) is 20.8 Å². The molecule has 1 aliphatic rings. The van der Waals surface area contributed by atoms with Gasteiger partial charge in [0.05, 0.1) is 13.2 Å². The number of aliphatic hydroxyl groups excluding tert-OH is 8. The van der Waals surface area contributed by atoms with E-state index < -0.39 is 74.2 Å². The van der Waals surface area contributed by atoms with E-state index >= 15 is 0 Å². The monoisotopic (exact) mass is 473 g/mol. The van der Waals surface area contributed by atoms with Crippen molar-refractivity contribution in [3.63, 3.8) is 0 Å². The normalized spacial score (nSPS) is 29.0. The molecule has 0 bridgehead atoms. The molecule has 2 rings (SSSR count). The maximum Gasteiger partial charge on any atom is 0.251 e. The van der Waals surface area contributed by atoms with E-state index in [2.05, 4.69) is 11.9 Å². The van der Waals surface area contributed by atoms with Crippen molar-refractivity contribution in [3.05, 3.63) is 42.0 Å². The van der Waals surface area contributed by atoms with Crippen LogP contribution in [0.2, 0.25) is 0 Å². The summed E-state index contributed by atoms with van der Waals surface area (Å²) in [6.07, 6.45) is -14.7. The molecule has 0 saturated carbocycles. The van der Waals surface area contributed by atoms with Crippen LogP contribution < -0.4 is 5.32 Å². The summed E-state index contributed by atoms with van der Waals surface area (Å²) in [5.41, 5.74) is 1.56. The van der Waals surface area contributed by atoms with Crippen molar-refractivity contribution in [1.82, 2.24) is 5.32 Å². The minimum Gasteiger partial charge on any atom is -0.394 e. The Kier molecular flexibility index (Phi) is 10.3. The summed E-state index contributed by atoms with van der Waals surface area (Å²) < 4.78 is 10.4. The summed E-state index contributed by atoms with van der Waals surface area (Å²) in [4.78, 5) is 12.3. The first-order valence-corrected chi connectivity index (χ1v) is 10.2. The maximum absolute atomic E-state index is 12.3. The number of carbonyl (C=O) groups is 1. The molecule has 0 aromatic heterocycles. The number of amides is 1. The fraction of sp³-hybridized carbons (Fsp3) is 0.571. The van der Waals surface area contributed by atoms with Crippen molar-refractivity contribution in [2.24, 2.45) is 0 Å². The van der Waals surface area contributed by atoms with Gasteiger partial charge in [0.1, 0.15) is 42.7 Å². The van der Waals surface area contributed by atoms with E-state index in [1.54, 1.807) is 30.3 Å². The number of hydrogen-bond acceptors (Lipinski definition) is 11. The third-order valence-electron chi connectivity index (χ3n) is 5.32. The van der Waals surface area contributed by atoms with E-state index in [9.17, 15) is 45.6 Å². The molecule has 1 amide bonds. The van der Waals surface area contributed by atoms with Gasteiger partial charge in [-0.1, -0.05) is 36.9 Å². The van der Waals surface area contributed by atoms with Gasteiger partial charge in [-0.05, 0) is 11.1 Å². The summed E-state index contributed by atoms with van der Waals surface area (Å²) in [5, 5.41) is 81.5. The Labute approximate surface area is 190 Å². The second-order valence-corrected chi connectivity index (χ2v) is 7.65. The molecule has 0 aliphatic carbocycles. The number of carbonyl (C=O) groups excluding carboxylic acids is 1. The van der Waals surface area contributed by atoms with Gasteiger partial charge in [0.25, 0.3) is 5.91 Å². The summed E-state index contributed by atoms with van der Waals surface area (Å²) in [5.74, 6) is -1.01. The molecule has 33 heavy (non-hydrogen) atoms. The molecule has 1 aromatic rings. The highest BCUT2D eigenvalue weighted by Gasteiger charge is 2.47. The standard InChI is InChI=1S/C21H31NO11/c1-2-10-3-5-11(6-4-10)7-22-20(31)17(29)16(28)19(12(25)8-23)33-21-18(30)15(27)14(26)13(9-24)32-21/h2-6,12-19,21,23-30H,1,7-9H2,(H,22,31)/t12-,13-,14-,15+,16-,17+,18+,19-,21+/m1/s1. The molecule has 9 atom stereocenters. The highest BCUT2D eigenvalue weighted by atomic mass is 16.7. The lowest BCUT2D eigenvalue weighted by Crippen LogP contribution is -2.62. The average Bonchev–Trinajstić information content (AvgIpc) is 2.84. The molecule has 186 valence electrons. The van der Waals surface area contributed by atoms with Gasteiger partial charge in [0.2, 0.25) is 0 Å². The van der Waals surface area contributed by atoms with Crippen molar-refractivity contribution < 1.29 is 55.1 Å². The molecule has 1 fully saturated rings. The van der Waals surface area contributed by atoms with Crippen LogP contribution in [0.5, 0.6) is 0 Å². The summed E-state index contributed by atoms with van der Waals surface area (Å²) >= 11 is 0. The van der Waals surface area contributed by atoms with Crippen LogP contribution in [0.3, 0.4) is 0 Å². The predicted molar refractivity (Wildman–Crippen MR) is 112 cm³/mol. The third kappa shape index (κ3) is 6.77. The van der Waals surface area contributed by atoms with E-state index in [1.807, 2.05) is 0 Å². The highest BCUT2D eigenvalue weighted by Crippen LogP contribution is 2.25. The zero-order valence-corrected chi connectivity index (χ0v) is 17.7. The van der Waals surface area contributed by atoms with Crippen molar-refractivity contribution in [1.29, 1.82) is 0 Å². The maximum atomic E-state index is 12.3. The molecular weight excluding hydrogens is 442 g/mol. The fourth-order valence-electron chi connectivity index (χ4n) is 3.24. The number of aliphatic hydroxyl groups is 8. The van der Waals surface area contributed by atoms with E-state index in [0.717, 1.165) is 5.56 Å². The minimum atomic E-state index is -2.12. The summed E-state index contributed by atoms with van der Waals surface area (Å²) in [6.45, 7) is 1.94. The predicted octanol–water partition coefficient (Wildman–Crippen LogP) is -3.79. The number of benzene rings is 1. The first-order valence-electron chi connectivity index (χ1n) is 10.2. The Hall–Kier alpha value is -1.97. The Morgan fingerprint density at radius 3 is 2.27 bits per heavy atom. The van der Waals surface area contributed by atoms with Gasteiger partial charge in [0, 0.05) is 6.54 Å².